The van der Waals surface area contributed by atoms with Crippen LogP contribution >= 0.6 is 15.9 Å². The highest BCUT2D eigenvalue weighted by Gasteiger charge is 2.23. The van der Waals surface area contributed by atoms with Gasteiger partial charge in [-0.3, -0.25) is 14.9 Å². The van der Waals surface area contributed by atoms with Crippen LogP contribution in [0, 0.1) is 15.9 Å². The largest absolute Gasteiger partial charge is 0.305 e. The van der Waals surface area contributed by atoms with Crippen LogP contribution in [0.4, 0.5) is 10.1 Å². The predicted molar refractivity (Wildman–Crippen MR) is 55.8 cm³/mol. The standard InChI is InChI=1S/C9H7BrFNO3/c1-5(10)9(13)6-3-2-4-7(8(6)11)12(14)15/h2-5H,1H3. The van der Waals surface area contributed by atoms with Gasteiger partial charge >= 0.3 is 5.69 Å². The molecule has 6 heteroatoms. The number of halogens is 2. The number of alkyl halides is 1. The fraction of sp³-hybridized carbons (Fsp3) is 0.222. The maximum atomic E-state index is 13.5. The molecule has 4 nitrogen and oxygen atoms in total. The Kier molecular flexibility index (Phi) is 3.52. The SMILES string of the molecule is CC(Br)C(=O)c1cccc([N+](=O)[O-])c1F. The molecule has 0 radical (unpaired) electrons. The van der Waals surface area contributed by atoms with E-state index in [4.69, 9.17) is 0 Å². The molecule has 80 valence electrons. The number of nitrogens with zero attached hydrogens (tertiary/aromatic N) is 1. The number of ketones is 1. The zero-order chi connectivity index (χ0) is 11.6. The molecule has 1 atom stereocenters. The predicted octanol–water partition coefficient (Wildman–Crippen LogP) is 2.70. The highest BCUT2D eigenvalue weighted by Crippen LogP contribution is 2.22. The normalized spacial score (nSPS) is 12.2. The molecule has 0 aliphatic heterocycles. The molecule has 1 unspecified atom stereocenters. The van der Waals surface area contributed by atoms with Gasteiger partial charge in [-0.2, -0.15) is 4.39 Å². The summed E-state index contributed by atoms with van der Waals surface area (Å²) in [5.41, 5.74) is -0.956. The van der Waals surface area contributed by atoms with Crippen molar-refractivity contribution in [2.75, 3.05) is 0 Å². The van der Waals surface area contributed by atoms with E-state index in [0.717, 1.165) is 6.07 Å². The molecule has 0 aliphatic rings. The smallest absolute Gasteiger partial charge is 0.293 e. The second-order valence-corrected chi connectivity index (χ2v) is 4.25. The Labute approximate surface area is 93.4 Å². The minimum Gasteiger partial charge on any atom is -0.293 e. The van der Waals surface area contributed by atoms with Gasteiger partial charge in [-0.15, -0.1) is 0 Å². The van der Waals surface area contributed by atoms with Crippen LogP contribution in [0.15, 0.2) is 18.2 Å². The minimum atomic E-state index is -1.08. The summed E-state index contributed by atoms with van der Waals surface area (Å²) >= 11 is 2.99. The Hall–Kier alpha value is -1.30. The van der Waals surface area contributed by atoms with Crippen molar-refractivity contribution in [3.05, 3.63) is 39.7 Å². The van der Waals surface area contributed by atoms with Gasteiger partial charge in [0.05, 0.1) is 15.3 Å². The Balaban J connectivity index is 3.27. The zero-order valence-electron chi connectivity index (χ0n) is 7.74. The number of benzene rings is 1. The Morgan fingerprint density at radius 1 is 1.60 bits per heavy atom. The van der Waals surface area contributed by atoms with E-state index in [1.807, 2.05) is 0 Å². The fourth-order valence-electron chi connectivity index (χ4n) is 1.07. The number of nitro groups is 1. The molecule has 0 heterocycles. The maximum absolute atomic E-state index is 13.5. The van der Waals surface area contributed by atoms with Gasteiger partial charge in [0.15, 0.2) is 5.78 Å². The van der Waals surface area contributed by atoms with Gasteiger partial charge in [-0.05, 0) is 13.0 Å². The molecule has 0 aliphatic carbocycles. The first-order valence-corrected chi connectivity index (χ1v) is 4.98. The first-order valence-electron chi connectivity index (χ1n) is 4.06. The van der Waals surface area contributed by atoms with Gasteiger partial charge in [0.1, 0.15) is 0 Å². The molecule has 15 heavy (non-hydrogen) atoms. The van der Waals surface area contributed by atoms with Gasteiger partial charge in [-0.25, -0.2) is 0 Å². The van der Waals surface area contributed by atoms with E-state index in [1.54, 1.807) is 0 Å². The molecule has 0 bridgehead atoms. The minimum absolute atomic E-state index is 0.270. The zero-order valence-corrected chi connectivity index (χ0v) is 9.32. The van der Waals surface area contributed by atoms with Crippen molar-refractivity contribution in [2.45, 2.75) is 11.8 Å². The number of hydrogen-bond acceptors (Lipinski definition) is 3. The van der Waals surface area contributed by atoms with Crippen LogP contribution in [0.25, 0.3) is 0 Å². The average molecular weight is 276 g/mol. The molecule has 0 saturated heterocycles. The lowest BCUT2D eigenvalue weighted by Crippen LogP contribution is -2.12. The second kappa shape index (κ2) is 4.48. The fourth-order valence-corrected chi connectivity index (χ4v) is 1.31. The van der Waals surface area contributed by atoms with Gasteiger partial charge in [0, 0.05) is 6.07 Å². The van der Waals surface area contributed by atoms with Crippen LogP contribution in [-0.4, -0.2) is 15.5 Å². The molecule has 1 rings (SSSR count). The van der Waals surface area contributed by atoms with E-state index in [1.165, 1.54) is 19.1 Å². The number of hydrogen-bond donors (Lipinski definition) is 0. The van der Waals surface area contributed by atoms with Crippen molar-refractivity contribution in [1.29, 1.82) is 0 Å². The Morgan fingerprint density at radius 3 is 2.67 bits per heavy atom. The third-order valence-electron chi connectivity index (χ3n) is 1.80. The van der Waals surface area contributed by atoms with Crippen molar-refractivity contribution in [3.63, 3.8) is 0 Å². The van der Waals surface area contributed by atoms with Crippen molar-refractivity contribution in [3.8, 4) is 0 Å². The van der Waals surface area contributed by atoms with E-state index in [9.17, 15) is 19.3 Å². The number of carbonyl (C=O) groups excluding carboxylic acids is 1. The van der Waals surface area contributed by atoms with E-state index < -0.39 is 27.0 Å². The number of Topliss-reactive ketones (excluding diaryl/α,β-unsaturated/α-hetero) is 1. The van der Waals surface area contributed by atoms with Crippen molar-refractivity contribution >= 4 is 27.4 Å². The molecule has 0 spiro atoms. The average Bonchev–Trinajstić information content (AvgIpc) is 2.16. The molecular weight excluding hydrogens is 269 g/mol. The summed E-state index contributed by atoms with van der Waals surface area (Å²) in [6, 6.07) is 3.53. The summed E-state index contributed by atoms with van der Waals surface area (Å²) in [7, 11) is 0. The lowest BCUT2D eigenvalue weighted by molar-refractivity contribution is -0.387. The molecule has 0 N–H and O–H groups in total. The Bertz CT molecular complexity index is 420. The topological polar surface area (TPSA) is 60.2 Å². The molecule has 0 amide bonds. The number of rotatable bonds is 3. The summed E-state index contributed by atoms with van der Waals surface area (Å²) in [5, 5.41) is 10.4. The summed E-state index contributed by atoms with van der Waals surface area (Å²) in [5.74, 6) is -1.60. The van der Waals surface area contributed by atoms with E-state index in [2.05, 4.69) is 15.9 Å². The van der Waals surface area contributed by atoms with Crippen LogP contribution in [0.2, 0.25) is 0 Å². The third-order valence-corrected chi connectivity index (χ3v) is 2.22. The summed E-state index contributed by atoms with van der Waals surface area (Å²) in [6.07, 6.45) is 0. The van der Waals surface area contributed by atoms with Crippen molar-refractivity contribution in [2.24, 2.45) is 0 Å². The van der Waals surface area contributed by atoms with Crippen LogP contribution in [0.1, 0.15) is 17.3 Å². The highest BCUT2D eigenvalue weighted by atomic mass is 79.9. The summed E-state index contributed by atoms with van der Waals surface area (Å²) in [6.45, 7) is 1.53. The first-order chi connectivity index (χ1) is 6.95. The van der Waals surface area contributed by atoms with E-state index >= 15 is 0 Å². The van der Waals surface area contributed by atoms with Gasteiger partial charge in [-0.1, -0.05) is 22.0 Å². The van der Waals surface area contributed by atoms with Crippen molar-refractivity contribution < 1.29 is 14.1 Å². The molecule has 1 aromatic rings. The molecular formula is C9H7BrFNO3. The van der Waals surface area contributed by atoms with E-state index in [-0.39, 0.29) is 5.56 Å². The van der Waals surface area contributed by atoms with Crippen molar-refractivity contribution in [1.82, 2.24) is 0 Å². The lowest BCUT2D eigenvalue weighted by Gasteiger charge is -2.03. The first kappa shape index (κ1) is 11.8. The lowest BCUT2D eigenvalue weighted by atomic mass is 10.1. The Morgan fingerprint density at radius 2 is 2.20 bits per heavy atom. The maximum Gasteiger partial charge on any atom is 0.305 e. The quantitative estimate of drug-likeness (QED) is 0.369. The number of nitro benzene ring substituents is 1. The highest BCUT2D eigenvalue weighted by molar-refractivity contribution is 9.10. The van der Waals surface area contributed by atoms with Gasteiger partial charge < -0.3 is 0 Å². The number of carbonyl (C=O) groups is 1. The summed E-state index contributed by atoms with van der Waals surface area (Å²) < 4.78 is 13.5. The van der Waals surface area contributed by atoms with E-state index in [0.29, 0.717) is 0 Å². The molecule has 0 saturated carbocycles. The van der Waals surface area contributed by atoms with Crippen LogP contribution in [-0.2, 0) is 0 Å². The monoisotopic (exact) mass is 275 g/mol. The van der Waals surface area contributed by atoms with Crippen LogP contribution in [0.3, 0.4) is 0 Å². The summed E-state index contributed by atoms with van der Waals surface area (Å²) in [4.78, 5) is 20.4. The molecule has 0 aromatic heterocycles. The van der Waals surface area contributed by atoms with Crippen LogP contribution in [0.5, 0.6) is 0 Å². The van der Waals surface area contributed by atoms with Gasteiger partial charge in [0.25, 0.3) is 0 Å². The third kappa shape index (κ3) is 2.38. The molecule has 1 aromatic carbocycles. The van der Waals surface area contributed by atoms with Crippen LogP contribution < -0.4 is 0 Å². The second-order valence-electron chi connectivity index (χ2n) is 2.88. The molecule has 0 fully saturated rings. The van der Waals surface area contributed by atoms with Gasteiger partial charge in [0.2, 0.25) is 5.82 Å².